The highest BCUT2D eigenvalue weighted by molar-refractivity contribution is 7.87. The Morgan fingerprint density at radius 2 is 2.30 bits per heavy atom. The first-order chi connectivity index (χ1) is 9.55. The van der Waals surface area contributed by atoms with E-state index in [4.69, 9.17) is 4.74 Å². The number of hydrogen-bond acceptors (Lipinski definition) is 4. The third-order valence-corrected chi connectivity index (χ3v) is 6.59. The number of hydrogen-bond donors (Lipinski definition) is 2. The molecular formula is C13H25N3O3S. The molecule has 1 saturated carbocycles. The van der Waals surface area contributed by atoms with Crippen molar-refractivity contribution in [3.8, 4) is 0 Å². The van der Waals surface area contributed by atoms with Gasteiger partial charge in [0.2, 0.25) is 0 Å². The van der Waals surface area contributed by atoms with Crippen LogP contribution in [0.15, 0.2) is 0 Å². The fourth-order valence-corrected chi connectivity index (χ4v) is 5.57. The number of nitrogens with one attached hydrogen (secondary N) is 2. The molecular weight excluding hydrogens is 278 g/mol. The summed E-state index contributed by atoms with van der Waals surface area (Å²) in [5.74, 6) is 0.578. The highest BCUT2D eigenvalue weighted by atomic mass is 32.2. The predicted octanol–water partition coefficient (Wildman–Crippen LogP) is 0.0737. The van der Waals surface area contributed by atoms with E-state index < -0.39 is 10.2 Å². The van der Waals surface area contributed by atoms with Gasteiger partial charge in [0.05, 0.1) is 12.1 Å². The lowest BCUT2D eigenvalue weighted by Crippen LogP contribution is -2.55. The molecule has 3 rings (SSSR count). The maximum Gasteiger partial charge on any atom is 0.279 e. The fourth-order valence-electron chi connectivity index (χ4n) is 3.96. The van der Waals surface area contributed by atoms with Crippen LogP contribution in [0.1, 0.15) is 32.1 Å². The lowest BCUT2D eigenvalue weighted by atomic mass is 9.99. The second kappa shape index (κ2) is 5.53. The third-order valence-electron chi connectivity index (χ3n) is 5.01. The molecule has 7 heteroatoms. The summed E-state index contributed by atoms with van der Waals surface area (Å²) >= 11 is 0. The number of ether oxygens (including phenoxy) is 1. The van der Waals surface area contributed by atoms with Gasteiger partial charge < -0.3 is 10.1 Å². The van der Waals surface area contributed by atoms with Crippen molar-refractivity contribution in [2.45, 2.75) is 43.7 Å². The van der Waals surface area contributed by atoms with Crippen LogP contribution in [0.4, 0.5) is 0 Å². The van der Waals surface area contributed by atoms with Crippen molar-refractivity contribution in [2.24, 2.45) is 5.92 Å². The number of nitrogens with zero attached hydrogens (tertiary/aromatic N) is 1. The van der Waals surface area contributed by atoms with E-state index in [1.54, 1.807) is 11.4 Å². The van der Waals surface area contributed by atoms with Crippen molar-refractivity contribution in [1.82, 2.24) is 14.3 Å². The van der Waals surface area contributed by atoms with E-state index in [1.165, 1.54) is 6.42 Å². The van der Waals surface area contributed by atoms with Crippen LogP contribution in [0.25, 0.3) is 0 Å². The molecule has 0 aromatic rings. The average Bonchev–Trinajstić information content (AvgIpc) is 3.13. The molecule has 0 aromatic heterocycles. The molecule has 0 radical (unpaired) electrons. The Morgan fingerprint density at radius 1 is 1.45 bits per heavy atom. The highest BCUT2D eigenvalue weighted by Gasteiger charge is 2.44. The molecule has 3 unspecified atom stereocenters. The zero-order chi connectivity index (χ0) is 14.2. The van der Waals surface area contributed by atoms with Crippen LogP contribution in [0, 0.1) is 5.92 Å². The van der Waals surface area contributed by atoms with Gasteiger partial charge in [-0.3, -0.25) is 0 Å². The monoisotopic (exact) mass is 303 g/mol. The minimum Gasteiger partial charge on any atom is -0.383 e. The third kappa shape index (κ3) is 2.74. The van der Waals surface area contributed by atoms with Gasteiger partial charge in [-0.2, -0.15) is 12.7 Å². The number of methoxy groups -OCH3 is 1. The first-order valence-corrected chi connectivity index (χ1v) is 8.99. The number of fused-ring (bicyclic) bond motifs is 2. The van der Waals surface area contributed by atoms with Gasteiger partial charge in [-0.1, -0.05) is 0 Å². The van der Waals surface area contributed by atoms with Gasteiger partial charge in [-0.05, 0) is 44.6 Å². The molecule has 2 N–H and O–H groups in total. The molecule has 0 amide bonds. The minimum atomic E-state index is -3.35. The average molecular weight is 303 g/mol. The summed E-state index contributed by atoms with van der Waals surface area (Å²) in [7, 11) is -1.68. The van der Waals surface area contributed by atoms with Gasteiger partial charge in [0.15, 0.2) is 0 Å². The zero-order valence-corrected chi connectivity index (χ0v) is 12.9. The lowest BCUT2D eigenvalue weighted by molar-refractivity contribution is 0.122. The molecule has 20 heavy (non-hydrogen) atoms. The first kappa shape index (κ1) is 14.7. The maximum absolute atomic E-state index is 12.5. The molecule has 116 valence electrons. The summed E-state index contributed by atoms with van der Waals surface area (Å²) in [5.41, 5.74) is -0.236. The summed E-state index contributed by atoms with van der Waals surface area (Å²) in [6.07, 6.45) is 5.27. The fraction of sp³-hybridized carbons (Fsp3) is 1.00. The van der Waals surface area contributed by atoms with Crippen LogP contribution in [0.2, 0.25) is 0 Å². The van der Waals surface area contributed by atoms with Crippen molar-refractivity contribution < 1.29 is 13.2 Å². The van der Waals surface area contributed by atoms with Gasteiger partial charge in [0, 0.05) is 26.2 Å². The molecule has 0 spiro atoms. The van der Waals surface area contributed by atoms with Crippen molar-refractivity contribution in [3.63, 3.8) is 0 Å². The van der Waals surface area contributed by atoms with E-state index >= 15 is 0 Å². The van der Waals surface area contributed by atoms with Crippen molar-refractivity contribution in [1.29, 1.82) is 0 Å². The minimum absolute atomic E-state index is 0.229. The molecule has 2 aliphatic heterocycles. The van der Waals surface area contributed by atoms with E-state index in [1.807, 2.05) is 0 Å². The van der Waals surface area contributed by atoms with E-state index in [2.05, 4.69) is 10.0 Å². The quantitative estimate of drug-likeness (QED) is 0.729. The summed E-state index contributed by atoms with van der Waals surface area (Å²) in [5, 5.41) is 3.40. The Kier molecular flexibility index (Phi) is 4.07. The van der Waals surface area contributed by atoms with Crippen LogP contribution in [0.5, 0.6) is 0 Å². The molecule has 3 aliphatic rings. The van der Waals surface area contributed by atoms with Gasteiger partial charge in [0.25, 0.3) is 10.2 Å². The predicted molar refractivity (Wildman–Crippen MR) is 76.6 cm³/mol. The standard InChI is InChI=1S/C13H25N3O3S/c1-19-10-13(5-2-6-14-13)9-15-20(17,18)16-8-11-3-4-12(16)7-11/h11-12,14-15H,2-10H2,1H3. The van der Waals surface area contributed by atoms with Crippen LogP contribution < -0.4 is 10.0 Å². The van der Waals surface area contributed by atoms with Gasteiger partial charge >= 0.3 is 0 Å². The van der Waals surface area contributed by atoms with Crippen molar-refractivity contribution in [2.75, 3.05) is 33.4 Å². The Labute approximate surface area is 121 Å². The molecule has 3 atom stereocenters. The topological polar surface area (TPSA) is 70.7 Å². The van der Waals surface area contributed by atoms with Gasteiger partial charge in [-0.25, -0.2) is 4.72 Å². The van der Waals surface area contributed by atoms with Crippen LogP contribution >= 0.6 is 0 Å². The van der Waals surface area contributed by atoms with Crippen LogP contribution in [-0.2, 0) is 14.9 Å². The summed E-state index contributed by atoms with van der Waals surface area (Å²) < 4.78 is 34.7. The van der Waals surface area contributed by atoms with E-state index in [-0.39, 0.29) is 11.6 Å². The Bertz CT molecular complexity index is 448. The van der Waals surface area contributed by atoms with Gasteiger partial charge in [-0.15, -0.1) is 0 Å². The Morgan fingerprint density at radius 3 is 2.85 bits per heavy atom. The Balaban J connectivity index is 1.62. The Hall–Kier alpha value is -0.210. The smallest absolute Gasteiger partial charge is 0.279 e. The summed E-state index contributed by atoms with van der Waals surface area (Å²) in [6.45, 7) is 2.59. The molecule has 6 nitrogen and oxygen atoms in total. The molecule has 1 aliphatic carbocycles. The van der Waals surface area contributed by atoms with Crippen LogP contribution in [0.3, 0.4) is 0 Å². The summed E-state index contributed by atoms with van der Waals surface area (Å²) in [6, 6.07) is 0.229. The van der Waals surface area contributed by atoms with Crippen LogP contribution in [-0.4, -0.2) is 57.7 Å². The molecule has 2 bridgehead atoms. The van der Waals surface area contributed by atoms with Crippen molar-refractivity contribution >= 4 is 10.2 Å². The molecule has 2 heterocycles. The number of piperidine rings is 1. The highest BCUT2D eigenvalue weighted by Crippen LogP contribution is 2.38. The molecule has 2 saturated heterocycles. The maximum atomic E-state index is 12.5. The first-order valence-electron chi connectivity index (χ1n) is 7.55. The second-order valence-electron chi connectivity index (χ2n) is 6.47. The lowest BCUT2D eigenvalue weighted by Gasteiger charge is -2.31. The zero-order valence-electron chi connectivity index (χ0n) is 12.1. The van der Waals surface area contributed by atoms with E-state index in [0.717, 1.165) is 32.2 Å². The SMILES string of the molecule is COCC1(CNS(=O)(=O)N2CC3CCC2C3)CCCN1. The molecule has 0 aromatic carbocycles. The largest absolute Gasteiger partial charge is 0.383 e. The second-order valence-corrected chi connectivity index (χ2v) is 8.18. The van der Waals surface area contributed by atoms with E-state index in [0.29, 0.717) is 25.6 Å². The summed E-state index contributed by atoms with van der Waals surface area (Å²) in [4.78, 5) is 0. The normalized spacial score (nSPS) is 37.9. The van der Waals surface area contributed by atoms with E-state index in [9.17, 15) is 8.42 Å². The van der Waals surface area contributed by atoms with Gasteiger partial charge in [0.1, 0.15) is 0 Å². The molecule has 3 fully saturated rings. The van der Waals surface area contributed by atoms with Crippen molar-refractivity contribution in [3.05, 3.63) is 0 Å². The number of rotatable bonds is 6.